The Morgan fingerprint density at radius 3 is 2.55 bits per heavy atom. The highest BCUT2D eigenvalue weighted by Crippen LogP contribution is 2.44. The van der Waals surface area contributed by atoms with Gasteiger partial charge in [0, 0.05) is 13.1 Å². The molecule has 3 aliphatic rings. The third-order valence-electron chi connectivity index (χ3n) is 5.17. The van der Waals surface area contributed by atoms with Gasteiger partial charge in [0.05, 0.1) is 17.5 Å². The van der Waals surface area contributed by atoms with Gasteiger partial charge in [0.1, 0.15) is 9.84 Å². The molecule has 6 heteroatoms. The summed E-state index contributed by atoms with van der Waals surface area (Å²) in [5, 5.41) is 3.14. The molecule has 1 N–H and O–H groups in total. The Labute approximate surface area is 121 Å². The summed E-state index contributed by atoms with van der Waals surface area (Å²) in [6.45, 7) is 1.63. The molecule has 0 radical (unpaired) electrons. The fraction of sp³-hybridized carbons (Fsp3) is 0.929. The summed E-state index contributed by atoms with van der Waals surface area (Å²) in [6.07, 6.45) is 3.64. The molecule has 3 unspecified atom stereocenters. The van der Waals surface area contributed by atoms with Gasteiger partial charge in [-0.2, -0.15) is 0 Å². The van der Waals surface area contributed by atoms with Gasteiger partial charge in [-0.25, -0.2) is 8.42 Å². The lowest BCUT2D eigenvalue weighted by molar-refractivity contribution is -0.133. The maximum atomic E-state index is 12.5. The Balaban J connectivity index is 1.62. The van der Waals surface area contributed by atoms with E-state index in [1.54, 1.807) is 0 Å². The second-order valence-corrected chi connectivity index (χ2v) is 8.97. The number of fused-ring (bicyclic) bond motifs is 1. The van der Waals surface area contributed by atoms with Crippen molar-refractivity contribution in [2.24, 2.45) is 17.8 Å². The summed E-state index contributed by atoms with van der Waals surface area (Å²) >= 11 is 0. The van der Waals surface area contributed by atoms with Crippen molar-refractivity contribution in [3.05, 3.63) is 0 Å². The average molecular weight is 300 g/mol. The minimum atomic E-state index is -2.81. The van der Waals surface area contributed by atoms with Crippen LogP contribution in [0.4, 0.5) is 0 Å². The van der Waals surface area contributed by atoms with Crippen molar-refractivity contribution < 1.29 is 13.2 Å². The smallest absolute Gasteiger partial charge is 0.239 e. The molecule has 0 aromatic rings. The molecule has 0 spiro atoms. The van der Waals surface area contributed by atoms with Gasteiger partial charge in [0.25, 0.3) is 0 Å². The standard InChI is InChI=1S/C14H24N2O3S/c1-15-13-7-11-6-12(11)9-16(14(13)17)8-10-2-4-20(18,19)5-3-10/h10-13,15H,2-9H2,1H3. The van der Waals surface area contributed by atoms with E-state index in [1.165, 1.54) is 6.42 Å². The minimum Gasteiger partial charge on any atom is -0.341 e. The van der Waals surface area contributed by atoms with Crippen LogP contribution in [0.15, 0.2) is 0 Å². The molecule has 114 valence electrons. The summed E-state index contributed by atoms with van der Waals surface area (Å²) in [6, 6.07) is -0.0418. The van der Waals surface area contributed by atoms with Crippen LogP contribution in [0.25, 0.3) is 0 Å². The SMILES string of the molecule is CNC1CC2CC2CN(CC2CCS(=O)(=O)CC2)C1=O. The zero-order valence-electron chi connectivity index (χ0n) is 12.0. The van der Waals surface area contributed by atoms with Crippen LogP contribution in [0.3, 0.4) is 0 Å². The first kappa shape index (κ1) is 14.3. The number of amides is 1. The van der Waals surface area contributed by atoms with Crippen molar-refractivity contribution in [2.45, 2.75) is 31.7 Å². The molecule has 3 rings (SSSR count). The second kappa shape index (κ2) is 5.30. The number of likely N-dealkylation sites (N-methyl/N-ethyl adjacent to an activating group) is 1. The lowest BCUT2D eigenvalue weighted by Gasteiger charge is -2.31. The van der Waals surface area contributed by atoms with Gasteiger partial charge in [-0.3, -0.25) is 4.79 Å². The number of rotatable bonds is 3. The summed E-state index contributed by atoms with van der Waals surface area (Å²) in [7, 11) is -0.953. The van der Waals surface area contributed by atoms with Crippen molar-refractivity contribution in [2.75, 3.05) is 31.6 Å². The average Bonchev–Trinajstić information content (AvgIpc) is 3.15. The van der Waals surface area contributed by atoms with Gasteiger partial charge in [0.15, 0.2) is 0 Å². The highest BCUT2D eigenvalue weighted by molar-refractivity contribution is 7.91. The van der Waals surface area contributed by atoms with Crippen LogP contribution in [-0.2, 0) is 14.6 Å². The molecule has 20 heavy (non-hydrogen) atoms. The Morgan fingerprint density at radius 1 is 1.20 bits per heavy atom. The number of hydrogen-bond acceptors (Lipinski definition) is 4. The van der Waals surface area contributed by atoms with Crippen molar-refractivity contribution in [3.8, 4) is 0 Å². The van der Waals surface area contributed by atoms with E-state index in [-0.39, 0.29) is 11.9 Å². The molecule has 5 nitrogen and oxygen atoms in total. The van der Waals surface area contributed by atoms with E-state index >= 15 is 0 Å². The molecule has 3 atom stereocenters. The van der Waals surface area contributed by atoms with Crippen LogP contribution in [0.5, 0.6) is 0 Å². The van der Waals surface area contributed by atoms with E-state index in [1.807, 2.05) is 11.9 Å². The summed E-state index contributed by atoms with van der Waals surface area (Å²) in [4.78, 5) is 14.5. The third-order valence-corrected chi connectivity index (χ3v) is 6.89. The van der Waals surface area contributed by atoms with Gasteiger partial charge in [-0.1, -0.05) is 0 Å². The van der Waals surface area contributed by atoms with Crippen molar-refractivity contribution >= 4 is 15.7 Å². The number of nitrogens with one attached hydrogen (secondary N) is 1. The summed E-state index contributed by atoms with van der Waals surface area (Å²) in [5.41, 5.74) is 0. The molecular formula is C14H24N2O3S. The topological polar surface area (TPSA) is 66.5 Å². The van der Waals surface area contributed by atoms with Gasteiger partial charge in [-0.05, 0) is 50.5 Å². The Bertz CT molecular complexity index is 477. The highest BCUT2D eigenvalue weighted by Gasteiger charge is 2.45. The van der Waals surface area contributed by atoms with Gasteiger partial charge in [0.2, 0.25) is 5.91 Å². The zero-order chi connectivity index (χ0) is 14.3. The van der Waals surface area contributed by atoms with Gasteiger partial charge < -0.3 is 10.2 Å². The fourth-order valence-corrected chi connectivity index (χ4v) is 5.25. The highest BCUT2D eigenvalue weighted by atomic mass is 32.2. The van der Waals surface area contributed by atoms with Gasteiger partial charge in [-0.15, -0.1) is 0 Å². The maximum absolute atomic E-state index is 12.5. The van der Waals surface area contributed by atoms with E-state index in [4.69, 9.17) is 0 Å². The first-order chi connectivity index (χ1) is 9.48. The fourth-order valence-electron chi connectivity index (χ4n) is 3.66. The molecule has 1 aliphatic carbocycles. The minimum absolute atomic E-state index is 0.0418. The zero-order valence-corrected chi connectivity index (χ0v) is 12.9. The molecule has 0 aromatic carbocycles. The number of carbonyl (C=O) groups is 1. The first-order valence-corrected chi connectivity index (χ1v) is 9.47. The van der Waals surface area contributed by atoms with Crippen LogP contribution in [-0.4, -0.2) is 56.9 Å². The molecule has 2 heterocycles. The molecule has 0 aromatic heterocycles. The second-order valence-electron chi connectivity index (χ2n) is 6.67. The van der Waals surface area contributed by atoms with Crippen LogP contribution in [0.2, 0.25) is 0 Å². The Hall–Kier alpha value is -0.620. The van der Waals surface area contributed by atoms with Crippen LogP contribution >= 0.6 is 0 Å². The van der Waals surface area contributed by atoms with E-state index in [0.717, 1.165) is 19.5 Å². The molecular weight excluding hydrogens is 276 g/mol. The lowest BCUT2D eigenvalue weighted by atomic mass is 10.0. The molecule has 2 aliphatic heterocycles. The molecule has 3 fully saturated rings. The Morgan fingerprint density at radius 2 is 1.90 bits per heavy atom. The van der Waals surface area contributed by atoms with Crippen molar-refractivity contribution in [3.63, 3.8) is 0 Å². The largest absolute Gasteiger partial charge is 0.341 e. The number of carbonyl (C=O) groups excluding carboxylic acids is 1. The Kier molecular flexibility index (Phi) is 3.79. The van der Waals surface area contributed by atoms with Crippen LogP contribution < -0.4 is 5.32 Å². The van der Waals surface area contributed by atoms with E-state index < -0.39 is 9.84 Å². The van der Waals surface area contributed by atoms with Crippen LogP contribution in [0.1, 0.15) is 25.7 Å². The molecule has 0 bridgehead atoms. The van der Waals surface area contributed by atoms with E-state index in [0.29, 0.717) is 42.1 Å². The van der Waals surface area contributed by atoms with Crippen LogP contribution in [0, 0.1) is 17.8 Å². The number of hydrogen-bond donors (Lipinski definition) is 1. The maximum Gasteiger partial charge on any atom is 0.239 e. The number of sulfone groups is 1. The van der Waals surface area contributed by atoms with E-state index in [9.17, 15) is 13.2 Å². The number of likely N-dealkylation sites (tertiary alicyclic amines) is 1. The molecule has 2 saturated heterocycles. The summed E-state index contributed by atoms with van der Waals surface area (Å²) in [5.74, 6) is 2.56. The number of nitrogens with zero attached hydrogens (tertiary/aromatic N) is 1. The monoisotopic (exact) mass is 300 g/mol. The first-order valence-electron chi connectivity index (χ1n) is 7.65. The van der Waals surface area contributed by atoms with E-state index in [2.05, 4.69) is 5.32 Å². The third kappa shape index (κ3) is 3.01. The lowest BCUT2D eigenvalue weighted by Crippen LogP contribution is -2.47. The molecule has 1 saturated carbocycles. The van der Waals surface area contributed by atoms with Gasteiger partial charge >= 0.3 is 0 Å². The quantitative estimate of drug-likeness (QED) is 0.812. The van der Waals surface area contributed by atoms with Crippen molar-refractivity contribution in [1.29, 1.82) is 0 Å². The normalized spacial score (nSPS) is 37.4. The van der Waals surface area contributed by atoms with Crippen molar-refractivity contribution in [1.82, 2.24) is 10.2 Å². The molecule has 1 amide bonds. The predicted molar refractivity (Wildman–Crippen MR) is 77.0 cm³/mol. The summed E-state index contributed by atoms with van der Waals surface area (Å²) < 4.78 is 22.9. The predicted octanol–water partition coefficient (Wildman–Crippen LogP) is 0.268.